The summed E-state index contributed by atoms with van der Waals surface area (Å²) in [4.78, 5) is 3.91. The first-order chi connectivity index (χ1) is 7.94. The average molecular weight is 261 g/mol. The lowest BCUT2D eigenvalue weighted by Gasteiger charge is -2.08. The quantitative estimate of drug-likeness (QED) is 0.902. The van der Waals surface area contributed by atoms with Crippen molar-refractivity contribution in [2.45, 2.75) is 6.36 Å². The number of nitrogen functional groups attached to an aromatic ring is 1. The third-order valence-corrected chi connectivity index (χ3v) is 2.55. The van der Waals surface area contributed by atoms with Gasteiger partial charge in [-0.15, -0.1) is 13.2 Å². The molecule has 1 heterocycles. The molecule has 0 spiro atoms. The lowest BCUT2D eigenvalue weighted by molar-refractivity contribution is -0.274. The molecule has 0 saturated heterocycles. The number of hydrogen-bond donors (Lipinski definition) is 1. The summed E-state index contributed by atoms with van der Waals surface area (Å²) in [6.07, 6.45) is -4.69. The molecule has 0 atom stereocenters. The summed E-state index contributed by atoms with van der Waals surface area (Å²) < 4.78 is 43.2. The summed E-state index contributed by atoms with van der Waals surface area (Å²) in [5, 5.41) is 0.543. The smallest absolute Gasteiger partial charge is 0.406 e. The second kappa shape index (κ2) is 4.21. The van der Waals surface area contributed by atoms with E-state index < -0.39 is 6.36 Å². The van der Waals surface area contributed by atoms with Crippen LogP contribution in [0.1, 0.15) is 0 Å². The third kappa shape index (κ3) is 3.06. The van der Waals surface area contributed by atoms with E-state index >= 15 is 0 Å². The molecule has 0 unspecified atom stereocenters. The average Bonchev–Trinajstić information content (AvgIpc) is 2.63. The van der Waals surface area contributed by atoms with Crippen molar-refractivity contribution in [1.29, 1.82) is 0 Å². The van der Waals surface area contributed by atoms with Gasteiger partial charge in [0.2, 0.25) is 5.95 Å². The number of nitrogens with two attached hydrogens (primary N) is 1. The van der Waals surface area contributed by atoms with Gasteiger partial charge in [0.1, 0.15) is 10.8 Å². The van der Waals surface area contributed by atoms with Crippen molar-refractivity contribution >= 4 is 17.5 Å². The van der Waals surface area contributed by atoms with Crippen LogP contribution in [0.25, 0.3) is 10.6 Å². The Bertz CT molecular complexity index is 509. The Morgan fingerprint density at radius 2 is 1.82 bits per heavy atom. The fraction of sp³-hybridized carbons (Fsp3) is 0.111. The zero-order chi connectivity index (χ0) is 12.5. The number of halogens is 3. The van der Waals surface area contributed by atoms with Gasteiger partial charge in [-0.3, -0.25) is 0 Å². The lowest BCUT2D eigenvalue weighted by atomic mass is 10.2. The standard InChI is InChI=1S/C9H6F3N3OS/c10-9(11,12)16-6-3-1-5(2-4-6)7-14-8(13)15-17-7/h1-4H,(H2,13,15). The zero-order valence-electron chi connectivity index (χ0n) is 8.23. The van der Waals surface area contributed by atoms with Gasteiger partial charge in [0, 0.05) is 5.56 Å². The van der Waals surface area contributed by atoms with Crippen LogP contribution in [0, 0.1) is 0 Å². The summed E-state index contributed by atoms with van der Waals surface area (Å²) in [7, 11) is 0. The van der Waals surface area contributed by atoms with Crippen molar-refractivity contribution in [3.8, 4) is 16.3 Å². The normalized spacial score (nSPS) is 11.5. The van der Waals surface area contributed by atoms with Crippen molar-refractivity contribution in [3.05, 3.63) is 24.3 Å². The molecule has 1 aromatic heterocycles. The molecule has 0 aliphatic carbocycles. The van der Waals surface area contributed by atoms with E-state index in [-0.39, 0.29) is 11.7 Å². The van der Waals surface area contributed by atoms with Crippen LogP contribution in [0.5, 0.6) is 5.75 Å². The summed E-state index contributed by atoms with van der Waals surface area (Å²) in [5.41, 5.74) is 5.98. The first-order valence-corrected chi connectivity index (χ1v) is 5.17. The highest BCUT2D eigenvalue weighted by Crippen LogP contribution is 2.27. The number of nitrogens with zero attached hydrogens (tertiary/aromatic N) is 2. The largest absolute Gasteiger partial charge is 0.573 e. The van der Waals surface area contributed by atoms with Gasteiger partial charge in [-0.25, -0.2) is 0 Å². The van der Waals surface area contributed by atoms with Crippen LogP contribution in [0.4, 0.5) is 19.1 Å². The third-order valence-electron chi connectivity index (χ3n) is 1.78. The van der Waals surface area contributed by atoms with Gasteiger partial charge < -0.3 is 10.5 Å². The highest BCUT2D eigenvalue weighted by molar-refractivity contribution is 7.09. The molecule has 0 saturated carbocycles. The number of anilines is 1. The van der Waals surface area contributed by atoms with Crippen molar-refractivity contribution < 1.29 is 17.9 Å². The predicted octanol–water partition coefficient (Wildman–Crippen LogP) is 2.69. The maximum absolute atomic E-state index is 11.9. The van der Waals surface area contributed by atoms with Gasteiger partial charge in [0.05, 0.1) is 0 Å². The second-order valence-electron chi connectivity index (χ2n) is 3.03. The van der Waals surface area contributed by atoms with Gasteiger partial charge in [-0.1, -0.05) is 0 Å². The van der Waals surface area contributed by atoms with Crippen LogP contribution in [0.15, 0.2) is 24.3 Å². The molecule has 0 fully saturated rings. The van der Waals surface area contributed by atoms with E-state index in [9.17, 15) is 13.2 Å². The van der Waals surface area contributed by atoms with Gasteiger partial charge >= 0.3 is 6.36 Å². The van der Waals surface area contributed by atoms with Gasteiger partial charge in [-0.2, -0.15) is 9.36 Å². The van der Waals surface area contributed by atoms with Crippen molar-refractivity contribution in [3.63, 3.8) is 0 Å². The fourth-order valence-electron chi connectivity index (χ4n) is 1.15. The van der Waals surface area contributed by atoms with E-state index in [1.807, 2.05) is 0 Å². The van der Waals surface area contributed by atoms with Gasteiger partial charge in [-0.05, 0) is 35.8 Å². The highest BCUT2D eigenvalue weighted by atomic mass is 32.1. The number of rotatable bonds is 2. The fourth-order valence-corrected chi connectivity index (χ4v) is 1.75. The molecule has 0 bridgehead atoms. The number of aromatic nitrogens is 2. The minimum atomic E-state index is -4.69. The Kier molecular flexibility index (Phi) is 2.88. The molecule has 0 aliphatic heterocycles. The van der Waals surface area contributed by atoms with Gasteiger partial charge in [0.25, 0.3) is 0 Å². The maximum atomic E-state index is 11.9. The molecular formula is C9H6F3N3OS. The minimum Gasteiger partial charge on any atom is -0.406 e. The monoisotopic (exact) mass is 261 g/mol. The second-order valence-corrected chi connectivity index (χ2v) is 3.78. The SMILES string of the molecule is Nc1nsc(-c2ccc(OC(F)(F)F)cc2)n1. The molecule has 8 heteroatoms. The molecule has 90 valence electrons. The van der Waals surface area contributed by atoms with E-state index in [1.54, 1.807) is 0 Å². The van der Waals surface area contributed by atoms with Crippen LogP contribution >= 0.6 is 11.5 Å². The van der Waals surface area contributed by atoms with Gasteiger partial charge in [0.15, 0.2) is 0 Å². The molecule has 0 radical (unpaired) electrons. The van der Waals surface area contributed by atoms with Crippen molar-refractivity contribution in [1.82, 2.24) is 9.36 Å². The molecule has 2 aromatic rings. The number of ether oxygens (including phenoxy) is 1. The number of benzene rings is 1. The summed E-state index contributed by atoms with van der Waals surface area (Å²) in [5.74, 6) is -0.139. The molecule has 1 aromatic carbocycles. The Morgan fingerprint density at radius 3 is 2.29 bits per heavy atom. The molecule has 17 heavy (non-hydrogen) atoms. The Morgan fingerprint density at radius 1 is 1.18 bits per heavy atom. The zero-order valence-corrected chi connectivity index (χ0v) is 9.05. The van der Waals surface area contributed by atoms with E-state index in [0.717, 1.165) is 11.5 Å². The highest BCUT2D eigenvalue weighted by Gasteiger charge is 2.30. The number of hydrogen-bond acceptors (Lipinski definition) is 5. The Balaban J connectivity index is 2.19. The van der Waals surface area contributed by atoms with Crippen molar-refractivity contribution in [2.24, 2.45) is 0 Å². The molecule has 2 rings (SSSR count). The van der Waals surface area contributed by atoms with Crippen molar-refractivity contribution in [2.75, 3.05) is 5.73 Å². The molecular weight excluding hydrogens is 255 g/mol. The molecule has 0 amide bonds. The molecule has 0 aliphatic rings. The Labute approximate surface area is 98.0 Å². The summed E-state index contributed by atoms with van der Waals surface area (Å²) in [6, 6.07) is 5.34. The molecule has 2 N–H and O–H groups in total. The summed E-state index contributed by atoms with van der Waals surface area (Å²) in [6.45, 7) is 0. The first kappa shape index (κ1) is 11.6. The lowest BCUT2D eigenvalue weighted by Crippen LogP contribution is -2.16. The number of alkyl halides is 3. The molecule has 4 nitrogen and oxygen atoms in total. The van der Waals surface area contributed by atoms with Crippen LogP contribution in [0.2, 0.25) is 0 Å². The van der Waals surface area contributed by atoms with Crippen LogP contribution in [-0.2, 0) is 0 Å². The maximum Gasteiger partial charge on any atom is 0.573 e. The first-order valence-electron chi connectivity index (χ1n) is 4.39. The van der Waals surface area contributed by atoms with Crippen LogP contribution in [0.3, 0.4) is 0 Å². The minimum absolute atomic E-state index is 0.139. The Hall–Kier alpha value is -1.83. The predicted molar refractivity (Wildman–Crippen MR) is 56.4 cm³/mol. The van der Waals surface area contributed by atoms with E-state index in [4.69, 9.17) is 5.73 Å². The van der Waals surface area contributed by atoms with Crippen LogP contribution < -0.4 is 10.5 Å². The topological polar surface area (TPSA) is 61.0 Å². The summed E-state index contributed by atoms with van der Waals surface area (Å²) >= 11 is 1.07. The van der Waals surface area contributed by atoms with E-state index in [0.29, 0.717) is 10.6 Å². The van der Waals surface area contributed by atoms with E-state index in [2.05, 4.69) is 14.1 Å². The van der Waals surface area contributed by atoms with E-state index in [1.165, 1.54) is 24.3 Å². The van der Waals surface area contributed by atoms with Crippen LogP contribution in [-0.4, -0.2) is 15.7 Å².